The maximum absolute atomic E-state index is 12.4. The minimum atomic E-state index is -3.88. The molecule has 7 nitrogen and oxygen atoms in total. The van der Waals surface area contributed by atoms with Gasteiger partial charge in [0, 0.05) is 19.2 Å². The van der Waals surface area contributed by atoms with Gasteiger partial charge in [0.1, 0.15) is 6.04 Å². The molecule has 0 spiro atoms. The van der Waals surface area contributed by atoms with Gasteiger partial charge < -0.3 is 5.73 Å². The summed E-state index contributed by atoms with van der Waals surface area (Å²) in [5.41, 5.74) is 6.50. The number of benzene rings is 1. The lowest BCUT2D eigenvalue weighted by molar-refractivity contribution is -0.147. The molecule has 1 atom stereocenters. The van der Waals surface area contributed by atoms with Gasteiger partial charge in [-0.05, 0) is 31.0 Å². The van der Waals surface area contributed by atoms with Crippen molar-refractivity contribution in [2.75, 3.05) is 12.8 Å². The van der Waals surface area contributed by atoms with Gasteiger partial charge in [-0.2, -0.15) is 4.72 Å². The average Bonchev–Trinajstić information content (AvgIpc) is 2.42. The monoisotopic (exact) mass is 311 g/mol. The number of rotatable bonds is 3. The smallest absolute Gasteiger partial charge is 0.247 e. The first kappa shape index (κ1) is 15.5. The molecule has 8 heteroatoms. The third kappa shape index (κ3) is 2.91. The number of imide groups is 1. The number of piperidine rings is 1. The maximum Gasteiger partial charge on any atom is 0.247 e. The summed E-state index contributed by atoms with van der Waals surface area (Å²) in [5.74, 6) is -0.855. The van der Waals surface area contributed by atoms with Crippen molar-refractivity contribution in [3.8, 4) is 0 Å². The molecule has 1 aliphatic rings. The fourth-order valence-corrected chi connectivity index (χ4v) is 3.70. The number of nitrogens with two attached hydrogens (primary N) is 1. The van der Waals surface area contributed by atoms with Crippen molar-refractivity contribution in [2.45, 2.75) is 30.7 Å². The number of hydrogen-bond acceptors (Lipinski definition) is 5. The van der Waals surface area contributed by atoms with Crippen LogP contribution in [0.3, 0.4) is 0 Å². The van der Waals surface area contributed by atoms with E-state index >= 15 is 0 Å². The number of carbonyl (C=O) groups is 2. The average molecular weight is 311 g/mol. The van der Waals surface area contributed by atoms with Gasteiger partial charge in [-0.15, -0.1) is 0 Å². The van der Waals surface area contributed by atoms with E-state index in [2.05, 4.69) is 4.72 Å². The van der Waals surface area contributed by atoms with Gasteiger partial charge in [-0.3, -0.25) is 14.5 Å². The van der Waals surface area contributed by atoms with Crippen LogP contribution < -0.4 is 10.5 Å². The summed E-state index contributed by atoms with van der Waals surface area (Å²) < 4.78 is 27.1. The van der Waals surface area contributed by atoms with E-state index in [9.17, 15) is 18.0 Å². The van der Waals surface area contributed by atoms with Crippen LogP contribution in [0.4, 0.5) is 5.69 Å². The number of sulfonamides is 1. The third-order valence-electron chi connectivity index (χ3n) is 3.56. The summed E-state index contributed by atoms with van der Waals surface area (Å²) in [6, 6.07) is 3.64. The number of likely N-dealkylation sites (tertiary alicyclic amines) is 1. The number of carbonyl (C=O) groups excluding carboxylic acids is 2. The Bertz CT molecular complexity index is 699. The quantitative estimate of drug-likeness (QED) is 0.603. The number of nitrogens with zero attached hydrogens (tertiary/aromatic N) is 1. The van der Waals surface area contributed by atoms with Crippen molar-refractivity contribution >= 4 is 27.5 Å². The standard InChI is InChI=1S/C13H17N3O4S/c1-8-9(14)4-3-5-11(8)21(19,20)15-10-6-7-12(17)16(2)13(10)18/h3-5,10,15H,6-7,14H2,1-2H3. The normalized spacial score (nSPS) is 19.9. The van der Waals surface area contributed by atoms with Crippen LogP contribution in [0.2, 0.25) is 0 Å². The number of nitrogen functional groups attached to an aromatic ring is 1. The number of likely N-dealkylation sites (N-methyl/N-ethyl adjacent to an activating group) is 1. The second-order valence-electron chi connectivity index (χ2n) is 4.97. The largest absolute Gasteiger partial charge is 0.398 e. The van der Waals surface area contributed by atoms with E-state index in [1.165, 1.54) is 19.2 Å². The van der Waals surface area contributed by atoms with Crippen molar-refractivity contribution in [2.24, 2.45) is 0 Å². The third-order valence-corrected chi connectivity index (χ3v) is 5.18. The second kappa shape index (κ2) is 5.45. The molecule has 0 radical (unpaired) electrons. The molecule has 0 bridgehead atoms. The first-order valence-electron chi connectivity index (χ1n) is 6.42. The summed E-state index contributed by atoms with van der Waals surface area (Å²) in [4.78, 5) is 24.3. The lowest BCUT2D eigenvalue weighted by atomic mass is 10.1. The van der Waals surface area contributed by atoms with Crippen LogP contribution in [0.5, 0.6) is 0 Å². The highest BCUT2D eigenvalue weighted by Crippen LogP contribution is 2.22. The topological polar surface area (TPSA) is 110 Å². The Balaban J connectivity index is 2.28. The fraction of sp³-hybridized carbons (Fsp3) is 0.385. The Hall–Kier alpha value is -1.93. The Kier molecular flexibility index (Phi) is 4.02. The summed E-state index contributed by atoms with van der Waals surface area (Å²) in [6.45, 7) is 1.60. The molecule has 1 aromatic rings. The molecule has 0 aliphatic carbocycles. The van der Waals surface area contributed by atoms with Crippen LogP contribution in [0.15, 0.2) is 23.1 Å². The molecule has 1 fully saturated rings. The molecular formula is C13H17N3O4S. The Labute approximate surface area is 123 Å². The Morgan fingerprint density at radius 1 is 1.33 bits per heavy atom. The Morgan fingerprint density at radius 2 is 2.00 bits per heavy atom. The van der Waals surface area contributed by atoms with Gasteiger partial charge in [0.05, 0.1) is 4.90 Å². The molecule has 3 N–H and O–H groups in total. The van der Waals surface area contributed by atoms with E-state index < -0.39 is 22.0 Å². The molecule has 1 heterocycles. The van der Waals surface area contributed by atoms with Gasteiger partial charge in [-0.1, -0.05) is 6.07 Å². The molecule has 1 saturated heterocycles. The second-order valence-corrected chi connectivity index (χ2v) is 6.66. The van der Waals surface area contributed by atoms with Crippen LogP contribution in [0.25, 0.3) is 0 Å². The number of amides is 2. The number of hydrogen-bond donors (Lipinski definition) is 2. The van der Waals surface area contributed by atoms with Gasteiger partial charge in [0.15, 0.2) is 0 Å². The van der Waals surface area contributed by atoms with Crippen LogP contribution in [-0.4, -0.2) is 38.2 Å². The molecule has 114 valence electrons. The van der Waals surface area contributed by atoms with Crippen molar-refractivity contribution in [1.82, 2.24) is 9.62 Å². The highest BCUT2D eigenvalue weighted by Gasteiger charge is 2.35. The lowest BCUT2D eigenvalue weighted by Gasteiger charge is -2.28. The van der Waals surface area contributed by atoms with Crippen molar-refractivity contribution in [3.63, 3.8) is 0 Å². The summed E-state index contributed by atoms with van der Waals surface area (Å²) in [7, 11) is -2.53. The number of nitrogens with one attached hydrogen (secondary N) is 1. The van der Waals surface area contributed by atoms with E-state index in [-0.39, 0.29) is 23.6 Å². The number of anilines is 1. The van der Waals surface area contributed by atoms with Crippen LogP contribution in [-0.2, 0) is 19.6 Å². The van der Waals surface area contributed by atoms with Gasteiger partial charge in [0.25, 0.3) is 0 Å². The predicted molar refractivity (Wildman–Crippen MR) is 76.7 cm³/mol. The summed E-state index contributed by atoms with van der Waals surface area (Å²) in [5, 5.41) is 0. The zero-order chi connectivity index (χ0) is 15.8. The SMILES string of the molecule is Cc1c(N)cccc1S(=O)(=O)NC1CCC(=O)N(C)C1=O. The van der Waals surface area contributed by atoms with Crippen molar-refractivity contribution < 1.29 is 18.0 Å². The summed E-state index contributed by atoms with van der Waals surface area (Å²) >= 11 is 0. The molecule has 21 heavy (non-hydrogen) atoms. The van der Waals surface area contributed by atoms with E-state index in [1.807, 2.05) is 0 Å². The van der Waals surface area contributed by atoms with E-state index in [0.29, 0.717) is 11.3 Å². The highest BCUT2D eigenvalue weighted by atomic mass is 32.2. The molecule has 2 rings (SSSR count). The van der Waals surface area contributed by atoms with Gasteiger partial charge in [-0.25, -0.2) is 8.42 Å². The van der Waals surface area contributed by atoms with Crippen molar-refractivity contribution in [1.29, 1.82) is 0 Å². The van der Waals surface area contributed by atoms with Crippen LogP contribution in [0.1, 0.15) is 18.4 Å². The van der Waals surface area contributed by atoms with Gasteiger partial charge in [0.2, 0.25) is 21.8 Å². The zero-order valence-electron chi connectivity index (χ0n) is 11.8. The first-order valence-corrected chi connectivity index (χ1v) is 7.90. The molecule has 2 amide bonds. The van der Waals surface area contributed by atoms with E-state index in [4.69, 9.17) is 5.73 Å². The molecule has 1 aromatic carbocycles. The molecule has 1 aliphatic heterocycles. The Morgan fingerprint density at radius 3 is 2.67 bits per heavy atom. The van der Waals surface area contributed by atoms with E-state index in [0.717, 1.165) is 4.90 Å². The zero-order valence-corrected chi connectivity index (χ0v) is 12.6. The molecule has 0 saturated carbocycles. The first-order chi connectivity index (χ1) is 9.74. The molecule has 0 aromatic heterocycles. The molecular weight excluding hydrogens is 294 g/mol. The lowest BCUT2D eigenvalue weighted by Crippen LogP contribution is -2.52. The fourth-order valence-electron chi connectivity index (χ4n) is 2.20. The maximum atomic E-state index is 12.4. The summed E-state index contributed by atoms with van der Waals surface area (Å²) in [6.07, 6.45) is 0.286. The highest BCUT2D eigenvalue weighted by molar-refractivity contribution is 7.89. The minimum absolute atomic E-state index is 0.0369. The molecule has 1 unspecified atom stereocenters. The predicted octanol–water partition coefficient (Wildman–Crippen LogP) is 0.00292. The van der Waals surface area contributed by atoms with Crippen LogP contribution >= 0.6 is 0 Å². The van der Waals surface area contributed by atoms with E-state index in [1.54, 1.807) is 13.0 Å². The van der Waals surface area contributed by atoms with Gasteiger partial charge >= 0.3 is 0 Å². The van der Waals surface area contributed by atoms with Crippen molar-refractivity contribution in [3.05, 3.63) is 23.8 Å². The van der Waals surface area contributed by atoms with Crippen LogP contribution in [0, 0.1) is 6.92 Å². The minimum Gasteiger partial charge on any atom is -0.398 e.